The summed E-state index contributed by atoms with van der Waals surface area (Å²) in [4.78, 5) is 81.1. The summed E-state index contributed by atoms with van der Waals surface area (Å²) in [6, 6.07) is 16.8. The molecule has 2 aromatic heterocycles. The molecule has 2 atom stereocenters. The Bertz CT molecular complexity index is 2300. The van der Waals surface area contributed by atoms with Gasteiger partial charge >= 0.3 is 0 Å². The largest absolute Gasteiger partial charge is 0.353 e. The van der Waals surface area contributed by atoms with Crippen molar-refractivity contribution < 1.29 is 19.2 Å². The normalized spacial score (nSPS) is 12.0. The zero-order valence-electron chi connectivity index (χ0n) is 38.0. The lowest BCUT2D eigenvalue weighted by Crippen LogP contribution is -2.39. The molecule has 5 aromatic rings. The van der Waals surface area contributed by atoms with E-state index in [1.54, 1.807) is 72.8 Å². The molecule has 2 heterocycles. The van der Waals surface area contributed by atoms with Crippen LogP contribution >= 0.6 is 0 Å². The first-order valence-corrected chi connectivity index (χ1v) is 21.3. The maximum absolute atomic E-state index is 13.6. The SMILES string of the molecule is CC(=O)C(N=Nc1ccc(Nc2nc(NCCN)nc(NCCN)n2)cc1)C(=O)N(C)c1ccc(N(C)C(=O)C(N=Nc2ccc(Nc3nc(NCCN)nc(NCCN)n3)cc2)C(C)=O)cc1. The van der Waals surface area contributed by atoms with Gasteiger partial charge in [0, 0.05) is 89.2 Å². The zero-order valence-corrected chi connectivity index (χ0v) is 38.0. The number of anilines is 10. The number of nitrogens with zero attached hydrogens (tertiary/aromatic N) is 12. The van der Waals surface area contributed by atoms with Crippen LogP contribution in [0, 0.1) is 0 Å². The van der Waals surface area contributed by atoms with Crippen molar-refractivity contribution in [2.24, 2.45) is 43.4 Å². The number of Topliss-reactive ketones (excluding diaryl/α,β-unsaturated/α-hetero) is 2. The molecule has 26 heteroatoms. The van der Waals surface area contributed by atoms with E-state index in [1.807, 2.05) is 0 Å². The van der Waals surface area contributed by atoms with Crippen LogP contribution in [0.5, 0.6) is 0 Å². The molecule has 0 spiro atoms. The number of hydrogen-bond donors (Lipinski definition) is 10. The monoisotopic (exact) mass is 932 g/mol. The minimum Gasteiger partial charge on any atom is -0.353 e. The minimum absolute atomic E-state index is 0.262. The molecule has 0 saturated carbocycles. The Labute approximate surface area is 391 Å². The lowest BCUT2D eigenvalue weighted by Gasteiger charge is -2.23. The molecule has 2 amide bonds. The van der Waals surface area contributed by atoms with Crippen LogP contribution in [0.3, 0.4) is 0 Å². The van der Waals surface area contributed by atoms with E-state index in [0.29, 0.717) is 110 Å². The van der Waals surface area contributed by atoms with Crippen LogP contribution in [0.2, 0.25) is 0 Å². The average Bonchev–Trinajstić information content (AvgIpc) is 3.34. The van der Waals surface area contributed by atoms with Gasteiger partial charge in [-0.3, -0.25) is 19.2 Å². The third-order valence-corrected chi connectivity index (χ3v) is 9.33. The smallest absolute Gasteiger partial charge is 0.261 e. The average molecular weight is 933 g/mol. The molecule has 0 bridgehead atoms. The van der Waals surface area contributed by atoms with Crippen LogP contribution in [-0.4, -0.2) is 132 Å². The molecular weight excluding hydrogens is 877 g/mol. The van der Waals surface area contributed by atoms with Crippen LogP contribution in [-0.2, 0) is 19.2 Å². The van der Waals surface area contributed by atoms with Crippen molar-refractivity contribution in [1.29, 1.82) is 0 Å². The molecule has 2 unspecified atom stereocenters. The summed E-state index contributed by atoms with van der Waals surface area (Å²) in [6.07, 6.45) is 0. The number of ketones is 2. The van der Waals surface area contributed by atoms with Gasteiger partial charge in [-0.05, 0) is 86.6 Å². The number of hydrogen-bond acceptors (Lipinski definition) is 24. The van der Waals surface area contributed by atoms with Gasteiger partial charge in [0.1, 0.15) is 0 Å². The third-order valence-electron chi connectivity index (χ3n) is 9.33. The van der Waals surface area contributed by atoms with E-state index in [2.05, 4.69) is 82.3 Å². The highest BCUT2D eigenvalue weighted by molar-refractivity contribution is 6.12. The van der Waals surface area contributed by atoms with Crippen molar-refractivity contribution in [1.82, 2.24) is 29.9 Å². The summed E-state index contributed by atoms with van der Waals surface area (Å²) in [7, 11) is 2.98. The number of rotatable bonds is 26. The second kappa shape index (κ2) is 25.5. The summed E-state index contributed by atoms with van der Waals surface area (Å²) < 4.78 is 0. The van der Waals surface area contributed by atoms with Gasteiger partial charge in [-0.25, -0.2) is 0 Å². The fourth-order valence-corrected chi connectivity index (χ4v) is 5.78. The van der Waals surface area contributed by atoms with E-state index in [0.717, 1.165) is 0 Å². The molecule has 358 valence electrons. The number of benzene rings is 3. The van der Waals surface area contributed by atoms with Crippen LogP contribution < -0.4 is 64.6 Å². The minimum atomic E-state index is -1.44. The second-order valence-electron chi connectivity index (χ2n) is 14.6. The van der Waals surface area contributed by atoms with Gasteiger partial charge in [-0.1, -0.05) is 0 Å². The number of carbonyl (C=O) groups is 4. The van der Waals surface area contributed by atoms with Gasteiger partial charge < -0.3 is 64.6 Å². The molecule has 0 aliphatic carbocycles. The lowest BCUT2D eigenvalue weighted by atomic mass is 10.1. The van der Waals surface area contributed by atoms with Crippen molar-refractivity contribution >= 4 is 93.2 Å². The van der Waals surface area contributed by atoms with Gasteiger partial charge in [-0.15, -0.1) is 0 Å². The van der Waals surface area contributed by atoms with E-state index in [1.165, 1.54) is 37.7 Å². The second-order valence-corrected chi connectivity index (χ2v) is 14.6. The first-order valence-electron chi connectivity index (χ1n) is 21.3. The van der Waals surface area contributed by atoms with Gasteiger partial charge in [0.25, 0.3) is 11.8 Å². The Morgan fingerprint density at radius 2 is 0.750 bits per heavy atom. The van der Waals surface area contributed by atoms with Crippen LogP contribution in [0.25, 0.3) is 0 Å². The molecule has 0 radical (unpaired) electrons. The number of carbonyl (C=O) groups excluding carboxylic acids is 4. The zero-order chi connectivity index (χ0) is 49.0. The molecule has 0 saturated heterocycles. The highest BCUT2D eigenvalue weighted by Gasteiger charge is 2.29. The van der Waals surface area contributed by atoms with Crippen molar-refractivity contribution in [3.8, 4) is 0 Å². The van der Waals surface area contributed by atoms with E-state index in [4.69, 9.17) is 22.9 Å². The molecule has 68 heavy (non-hydrogen) atoms. The molecule has 0 aliphatic rings. The molecule has 0 aliphatic heterocycles. The maximum atomic E-state index is 13.6. The molecular formula is C42H56N22O4. The van der Waals surface area contributed by atoms with Crippen LogP contribution in [0.15, 0.2) is 93.3 Å². The van der Waals surface area contributed by atoms with Crippen molar-refractivity contribution in [3.63, 3.8) is 0 Å². The topological polar surface area (TPSA) is 378 Å². The fraction of sp³-hybridized carbons (Fsp3) is 0.333. The summed E-state index contributed by atoms with van der Waals surface area (Å²) in [6.45, 7) is 5.88. The summed E-state index contributed by atoms with van der Waals surface area (Å²) in [5, 5.41) is 34.8. The summed E-state index contributed by atoms with van der Waals surface area (Å²) in [5.74, 6) is -0.487. The van der Waals surface area contributed by atoms with Gasteiger partial charge in [0.15, 0.2) is 11.6 Å². The van der Waals surface area contributed by atoms with Crippen LogP contribution in [0.1, 0.15) is 13.8 Å². The van der Waals surface area contributed by atoms with Crippen molar-refractivity contribution in [3.05, 3.63) is 72.8 Å². The Morgan fingerprint density at radius 3 is 1.01 bits per heavy atom. The van der Waals surface area contributed by atoms with E-state index < -0.39 is 35.5 Å². The summed E-state index contributed by atoms with van der Waals surface area (Å²) in [5.41, 5.74) is 25.2. The molecule has 14 N–H and O–H groups in total. The Balaban J connectivity index is 1.19. The molecule has 0 fully saturated rings. The maximum Gasteiger partial charge on any atom is 0.261 e. The number of nitrogens with one attached hydrogen (secondary N) is 6. The van der Waals surface area contributed by atoms with E-state index in [9.17, 15) is 19.2 Å². The fourth-order valence-electron chi connectivity index (χ4n) is 5.78. The van der Waals surface area contributed by atoms with Crippen LogP contribution in [0.4, 0.5) is 69.8 Å². The van der Waals surface area contributed by atoms with E-state index in [-0.39, 0.29) is 11.9 Å². The first-order chi connectivity index (χ1) is 32.8. The lowest BCUT2D eigenvalue weighted by molar-refractivity contribution is -0.129. The highest BCUT2D eigenvalue weighted by atomic mass is 16.2. The van der Waals surface area contributed by atoms with E-state index >= 15 is 0 Å². The van der Waals surface area contributed by atoms with Gasteiger partial charge in [-0.2, -0.15) is 50.4 Å². The Kier molecular flexibility index (Phi) is 19.0. The number of aromatic nitrogens is 6. The number of nitrogens with two attached hydrogens (primary N) is 4. The molecule has 5 rings (SSSR count). The van der Waals surface area contributed by atoms with Crippen molar-refractivity contribution in [2.75, 3.05) is 108 Å². The van der Waals surface area contributed by atoms with Gasteiger partial charge in [0.05, 0.1) is 11.4 Å². The predicted octanol–water partition coefficient (Wildman–Crippen LogP) is 2.43. The first kappa shape index (κ1) is 50.8. The number of azo groups is 2. The standard InChI is InChI=1S/C42H56N22O4/c1-25(65)33(61-59-29-9-5-27(6-10-29)51-41-55-37(47-21-17-43)53-38(56-41)48-22-18-44)35(67)63(3)31-13-15-32(16-14-31)64(4)36(68)34(26(2)66)62-60-30-11-7-28(8-12-30)52-42-57-39(49-23-19-45)54-40(58-42)50-24-20-46/h5-16,33-34H,17-24,43-46H2,1-4H3,(H3,47,48,51,53,55,56)(H3,49,50,52,54,57,58). The quantitative estimate of drug-likeness (QED) is 0.0281. The molecule has 26 nitrogen and oxygen atoms in total. The Morgan fingerprint density at radius 1 is 0.471 bits per heavy atom. The Hall–Kier alpha value is -8.20. The highest BCUT2D eigenvalue weighted by Crippen LogP contribution is 2.25. The van der Waals surface area contributed by atoms with Crippen molar-refractivity contribution in [2.45, 2.75) is 25.9 Å². The number of amides is 2. The predicted molar refractivity (Wildman–Crippen MR) is 261 cm³/mol. The molecule has 3 aromatic carbocycles. The number of likely N-dealkylation sites (N-methyl/N-ethyl adjacent to an activating group) is 2. The summed E-state index contributed by atoms with van der Waals surface area (Å²) >= 11 is 0. The van der Waals surface area contributed by atoms with Gasteiger partial charge in [0.2, 0.25) is 47.8 Å². The third kappa shape index (κ3) is 14.9.